The summed E-state index contributed by atoms with van der Waals surface area (Å²) in [6, 6.07) is 19.5. The molecule has 3 rings (SSSR count). The van der Waals surface area contributed by atoms with E-state index in [1.807, 2.05) is 23.1 Å². The molecule has 2 aromatic rings. The van der Waals surface area contributed by atoms with Crippen molar-refractivity contribution in [2.24, 2.45) is 0 Å². The van der Waals surface area contributed by atoms with Crippen LogP contribution in [0.25, 0.3) is 0 Å². The molecule has 1 fully saturated rings. The maximum Gasteiger partial charge on any atom is 0.254 e. The fourth-order valence-corrected chi connectivity index (χ4v) is 3.05. The zero-order chi connectivity index (χ0) is 16.2. The smallest absolute Gasteiger partial charge is 0.254 e. The Balaban J connectivity index is 1.72. The summed E-state index contributed by atoms with van der Waals surface area (Å²) in [6.07, 6.45) is 0. The number of amides is 1. The molecule has 0 N–H and O–H groups in total. The van der Waals surface area contributed by atoms with Gasteiger partial charge in [0.1, 0.15) is 0 Å². The van der Waals surface area contributed by atoms with Crippen LogP contribution >= 0.6 is 0 Å². The molecule has 2 aromatic carbocycles. The SMILES string of the molecule is CC1CN(C(=O)c2cccc(C#N)c2)CCN1c1ccccc1. The van der Waals surface area contributed by atoms with Gasteiger partial charge >= 0.3 is 0 Å². The first-order valence-electron chi connectivity index (χ1n) is 7.80. The van der Waals surface area contributed by atoms with Gasteiger partial charge in [-0.25, -0.2) is 0 Å². The summed E-state index contributed by atoms with van der Waals surface area (Å²) in [4.78, 5) is 16.9. The zero-order valence-electron chi connectivity index (χ0n) is 13.1. The number of rotatable bonds is 2. The number of piperazine rings is 1. The Morgan fingerprint density at radius 1 is 1.13 bits per heavy atom. The Morgan fingerprint density at radius 2 is 1.91 bits per heavy atom. The Morgan fingerprint density at radius 3 is 2.61 bits per heavy atom. The monoisotopic (exact) mass is 305 g/mol. The summed E-state index contributed by atoms with van der Waals surface area (Å²) >= 11 is 0. The first kappa shape index (κ1) is 15.1. The summed E-state index contributed by atoms with van der Waals surface area (Å²) in [7, 11) is 0. The van der Waals surface area contributed by atoms with Gasteiger partial charge < -0.3 is 9.80 Å². The van der Waals surface area contributed by atoms with E-state index in [0.717, 1.165) is 6.54 Å². The number of carbonyl (C=O) groups is 1. The number of hydrogen-bond acceptors (Lipinski definition) is 3. The predicted molar refractivity (Wildman–Crippen MR) is 90.3 cm³/mol. The van der Waals surface area contributed by atoms with Crippen molar-refractivity contribution < 1.29 is 4.79 Å². The van der Waals surface area contributed by atoms with Crippen molar-refractivity contribution in [3.8, 4) is 6.07 Å². The number of hydrogen-bond donors (Lipinski definition) is 0. The van der Waals surface area contributed by atoms with Gasteiger partial charge in [0.05, 0.1) is 11.6 Å². The molecule has 0 aromatic heterocycles. The summed E-state index contributed by atoms with van der Waals surface area (Å²) in [5, 5.41) is 8.98. The minimum atomic E-state index is 0.00154. The van der Waals surface area contributed by atoms with Crippen molar-refractivity contribution in [1.29, 1.82) is 5.26 Å². The van der Waals surface area contributed by atoms with Gasteiger partial charge in [0.15, 0.2) is 0 Å². The van der Waals surface area contributed by atoms with E-state index in [0.29, 0.717) is 24.2 Å². The Hall–Kier alpha value is -2.80. The van der Waals surface area contributed by atoms with E-state index in [1.165, 1.54) is 5.69 Å². The average Bonchev–Trinajstić information content (AvgIpc) is 2.61. The van der Waals surface area contributed by atoms with E-state index < -0.39 is 0 Å². The fraction of sp³-hybridized carbons (Fsp3) is 0.263. The lowest BCUT2D eigenvalue weighted by Gasteiger charge is -2.41. The van der Waals surface area contributed by atoms with Gasteiger partial charge in [-0.2, -0.15) is 5.26 Å². The van der Waals surface area contributed by atoms with E-state index in [2.05, 4.69) is 30.0 Å². The summed E-state index contributed by atoms with van der Waals surface area (Å²) in [6.45, 7) is 4.33. The number of benzene rings is 2. The molecule has 1 aliphatic heterocycles. The lowest BCUT2D eigenvalue weighted by Crippen LogP contribution is -2.53. The number of nitriles is 1. The first-order chi connectivity index (χ1) is 11.2. The third kappa shape index (κ3) is 3.19. The molecule has 23 heavy (non-hydrogen) atoms. The summed E-state index contributed by atoms with van der Waals surface area (Å²) < 4.78 is 0. The highest BCUT2D eigenvalue weighted by Crippen LogP contribution is 2.21. The maximum absolute atomic E-state index is 12.7. The quantitative estimate of drug-likeness (QED) is 0.857. The van der Waals surface area contributed by atoms with Crippen LogP contribution < -0.4 is 4.90 Å². The molecule has 0 radical (unpaired) electrons. The number of carbonyl (C=O) groups excluding carboxylic acids is 1. The van der Waals surface area contributed by atoms with Crippen molar-refractivity contribution in [3.63, 3.8) is 0 Å². The lowest BCUT2D eigenvalue weighted by atomic mass is 10.1. The van der Waals surface area contributed by atoms with Crippen LogP contribution in [0.2, 0.25) is 0 Å². The van der Waals surface area contributed by atoms with Crippen molar-refractivity contribution >= 4 is 11.6 Å². The Kier molecular flexibility index (Phi) is 4.29. The minimum Gasteiger partial charge on any atom is -0.365 e. The second-order valence-corrected chi connectivity index (χ2v) is 5.82. The molecule has 4 heteroatoms. The molecule has 1 unspecified atom stereocenters. The van der Waals surface area contributed by atoms with Crippen molar-refractivity contribution in [3.05, 3.63) is 65.7 Å². The van der Waals surface area contributed by atoms with Gasteiger partial charge in [-0.3, -0.25) is 4.79 Å². The van der Waals surface area contributed by atoms with E-state index in [1.54, 1.807) is 24.3 Å². The Labute approximate surface area is 136 Å². The van der Waals surface area contributed by atoms with Crippen LogP contribution in [0.3, 0.4) is 0 Å². The van der Waals surface area contributed by atoms with Crippen LogP contribution in [0.4, 0.5) is 5.69 Å². The van der Waals surface area contributed by atoms with E-state index in [4.69, 9.17) is 5.26 Å². The van der Waals surface area contributed by atoms with Gasteiger partial charge in [-0.05, 0) is 37.3 Å². The van der Waals surface area contributed by atoms with Crippen LogP contribution in [0, 0.1) is 11.3 Å². The third-order valence-electron chi connectivity index (χ3n) is 4.24. The third-order valence-corrected chi connectivity index (χ3v) is 4.24. The van der Waals surface area contributed by atoms with Crippen molar-refractivity contribution in [1.82, 2.24) is 4.90 Å². The van der Waals surface area contributed by atoms with Crippen LogP contribution in [0.5, 0.6) is 0 Å². The molecule has 0 aliphatic carbocycles. The molecule has 0 spiro atoms. The van der Waals surface area contributed by atoms with Crippen LogP contribution in [0.1, 0.15) is 22.8 Å². The topological polar surface area (TPSA) is 47.3 Å². The normalized spacial score (nSPS) is 17.7. The maximum atomic E-state index is 12.7. The van der Waals surface area contributed by atoms with Gasteiger partial charge in [-0.1, -0.05) is 24.3 Å². The highest BCUT2D eigenvalue weighted by atomic mass is 16.2. The van der Waals surface area contributed by atoms with Gasteiger partial charge in [0.2, 0.25) is 0 Å². The molecule has 0 saturated carbocycles. The molecule has 116 valence electrons. The molecule has 1 amide bonds. The van der Waals surface area contributed by atoms with Crippen LogP contribution in [-0.4, -0.2) is 36.5 Å². The molecular weight excluding hydrogens is 286 g/mol. The number of nitrogens with zero attached hydrogens (tertiary/aromatic N) is 3. The first-order valence-corrected chi connectivity index (χ1v) is 7.80. The summed E-state index contributed by atoms with van der Waals surface area (Å²) in [5.41, 5.74) is 2.30. The van der Waals surface area contributed by atoms with E-state index in [-0.39, 0.29) is 11.9 Å². The number of anilines is 1. The largest absolute Gasteiger partial charge is 0.365 e. The average molecular weight is 305 g/mol. The molecule has 1 aliphatic rings. The van der Waals surface area contributed by atoms with Crippen LogP contribution in [0.15, 0.2) is 54.6 Å². The fourth-order valence-electron chi connectivity index (χ4n) is 3.05. The summed E-state index contributed by atoms with van der Waals surface area (Å²) in [5.74, 6) is 0.00154. The molecule has 1 atom stereocenters. The van der Waals surface area contributed by atoms with E-state index in [9.17, 15) is 4.79 Å². The molecular formula is C19H19N3O. The molecule has 0 bridgehead atoms. The molecule has 1 saturated heterocycles. The van der Waals surface area contributed by atoms with Crippen LogP contribution in [-0.2, 0) is 0 Å². The van der Waals surface area contributed by atoms with Crippen molar-refractivity contribution in [2.45, 2.75) is 13.0 Å². The Bertz CT molecular complexity index is 736. The van der Waals surface area contributed by atoms with E-state index >= 15 is 0 Å². The van der Waals surface area contributed by atoms with Gasteiger partial charge in [0.25, 0.3) is 5.91 Å². The molecule has 1 heterocycles. The number of para-hydroxylation sites is 1. The molecule has 4 nitrogen and oxygen atoms in total. The lowest BCUT2D eigenvalue weighted by molar-refractivity contribution is 0.0726. The zero-order valence-corrected chi connectivity index (χ0v) is 13.1. The highest BCUT2D eigenvalue weighted by Gasteiger charge is 2.27. The van der Waals surface area contributed by atoms with Gasteiger partial charge in [-0.15, -0.1) is 0 Å². The van der Waals surface area contributed by atoms with Crippen molar-refractivity contribution in [2.75, 3.05) is 24.5 Å². The minimum absolute atomic E-state index is 0.00154. The second kappa shape index (κ2) is 6.53. The standard InChI is InChI=1S/C19H19N3O/c1-15-14-21(10-11-22(15)18-8-3-2-4-9-18)19(23)17-7-5-6-16(12-17)13-20/h2-9,12,15H,10-11,14H2,1H3. The second-order valence-electron chi connectivity index (χ2n) is 5.82. The predicted octanol–water partition coefficient (Wildman–Crippen LogP) is 2.91. The highest BCUT2D eigenvalue weighted by molar-refractivity contribution is 5.94. The van der Waals surface area contributed by atoms with Gasteiger partial charge in [0, 0.05) is 36.9 Å².